The van der Waals surface area contributed by atoms with Crippen molar-refractivity contribution in [2.24, 2.45) is 0 Å². The van der Waals surface area contributed by atoms with Gasteiger partial charge < -0.3 is 0 Å². The molecular weight excluding hydrogens is 352 g/mol. The third-order valence-electron chi connectivity index (χ3n) is 4.26. The Balaban J connectivity index is -0.000000273. The van der Waals surface area contributed by atoms with E-state index in [1.54, 1.807) is 0 Å². The zero-order valence-electron chi connectivity index (χ0n) is 22.3. The van der Waals surface area contributed by atoms with E-state index in [9.17, 15) is 4.79 Å². The Morgan fingerprint density at radius 3 is 1.07 bits per heavy atom. The average molecular weight is 403 g/mol. The summed E-state index contributed by atoms with van der Waals surface area (Å²) in [5.74, 6) is 0.127. The van der Waals surface area contributed by atoms with Gasteiger partial charge in [-0.05, 0) is 62.4 Å². The van der Waals surface area contributed by atoms with Crippen molar-refractivity contribution in [2.75, 3.05) is 0 Å². The van der Waals surface area contributed by atoms with E-state index in [2.05, 4.69) is 20.8 Å². The van der Waals surface area contributed by atoms with E-state index in [0.29, 0.717) is 0 Å². The Labute approximate surface area is 184 Å². The first-order chi connectivity index (χ1) is 13.9. The third kappa shape index (κ3) is 10.5. The summed E-state index contributed by atoms with van der Waals surface area (Å²) in [5.41, 5.74) is 7.58. The van der Waals surface area contributed by atoms with E-state index in [1.165, 1.54) is 16.7 Å². The maximum atomic E-state index is 12.7. The fourth-order valence-corrected chi connectivity index (χ4v) is 2.57. The van der Waals surface area contributed by atoms with Crippen LogP contribution in [-0.4, -0.2) is 5.78 Å². The molecule has 0 unspecified atom stereocenters. The Kier molecular flexibility index (Phi) is 26.7. The second-order valence-electron chi connectivity index (χ2n) is 5.20. The lowest BCUT2D eigenvalue weighted by Gasteiger charge is -2.17. The van der Waals surface area contributed by atoms with Crippen LogP contribution in [0.1, 0.15) is 113 Å². The molecule has 1 heteroatoms. The van der Waals surface area contributed by atoms with Crippen LogP contribution in [0.15, 0.2) is 30.3 Å². The molecule has 168 valence electrons. The van der Waals surface area contributed by atoms with Crippen molar-refractivity contribution < 1.29 is 4.79 Å². The lowest BCUT2D eigenvalue weighted by molar-refractivity contribution is 0.103. The second kappa shape index (κ2) is 22.4. The Morgan fingerprint density at radius 1 is 0.483 bits per heavy atom. The number of ketones is 1. The molecule has 2 aromatic rings. The first-order valence-electron chi connectivity index (χ1n) is 11.6. The number of hydrogen-bond acceptors (Lipinski definition) is 1. The molecule has 0 saturated carbocycles. The van der Waals surface area contributed by atoms with Crippen LogP contribution in [0.25, 0.3) is 0 Å². The zero-order chi connectivity index (χ0) is 24.2. The normalized spacial score (nSPS) is 7.97. The molecule has 0 fully saturated rings. The van der Waals surface area contributed by atoms with Gasteiger partial charge in [-0.15, -0.1) is 0 Å². The zero-order valence-corrected chi connectivity index (χ0v) is 22.3. The van der Waals surface area contributed by atoms with E-state index >= 15 is 0 Å². The molecule has 0 aliphatic heterocycles. The predicted octanol–water partition coefficient (Wildman–Crippen LogP) is 9.59. The van der Waals surface area contributed by atoms with Gasteiger partial charge in [-0.25, -0.2) is 0 Å². The lowest BCUT2D eigenvalue weighted by Crippen LogP contribution is -2.10. The summed E-state index contributed by atoms with van der Waals surface area (Å²) in [6, 6.07) is 9.51. The maximum Gasteiger partial charge on any atom is 0.193 e. The third-order valence-corrected chi connectivity index (χ3v) is 4.26. The molecule has 0 aliphatic rings. The molecule has 0 spiro atoms. The molecule has 2 rings (SSSR count). The number of benzene rings is 2. The van der Waals surface area contributed by atoms with Crippen LogP contribution in [0.2, 0.25) is 0 Å². The van der Waals surface area contributed by atoms with Gasteiger partial charge in [0.2, 0.25) is 0 Å². The molecule has 0 saturated heterocycles. The molecule has 0 bridgehead atoms. The van der Waals surface area contributed by atoms with Crippen LogP contribution in [0.5, 0.6) is 0 Å². The average Bonchev–Trinajstić information content (AvgIpc) is 2.83. The van der Waals surface area contributed by atoms with Gasteiger partial charge in [0.25, 0.3) is 0 Å². The topological polar surface area (TPSA) is 17.1 Å². The van der Waals surface area contributed by atoms with Gasteiger partial charge in [0.05, 0.1) is 0 Å². The number of hydrogen-bond donors (Lipinski definition) is 0. The number of carbonyl (C=O) groups excluding carboxylic acids is 1. The minimum Gasteiger partial charge on any atom is -0.289 e. The van der Waals surface area contributed by atoms with Gasteiger partial charge in [-0.3, -0.25) is 4.79 Å². The minimum atomic E-state index is 0.127. The standard InChI is InChI=1S/C18H20O.5C2H6/c1-11-12(2)14(4)17(15(5)13(11)3)18(19)16-9-7-6-8-10-16;5*1-2/h6-10H,1-5H3;5*1-2H3. The van der Waals surface area contributed by atoms with Crippen molar-refractivity contribution in [3.05, 3.63) is 69.3 Å². The fourth-order valence-electron chi connectivity index (χ4n) is 2.57. The Morgan fingerprint density at radius 2 is 0.759 bits per heavy atom. The van der Waals surface area contributed by atoms with Crippen molar-refractivity contribution in [3.8, 4) is 0 Å². The molecular formula is C28H50O. The molecule has 0 N–H and O–H groups in total. The smallest absolute Gasteiger partial charge is 0.193 e. The molecule has 2 aromatic carbocycles. The summed E-state index contributed by atoms with van der Waals surface area (Å²) >= 11 is 0. The van der Waals surface area contributed by atoms with Gasteiger partial charge in [0.1, 0.15) is 0 Å². The maximum absolute atomic E-state index is 12.7. The fraction of sp³-hybridized carbons (Fsp3) is 0.536. The largest absolute Gasteiger partial charge is 0.289 e. The van der Waals surface area contributed by atoms with Crippen LogP contribution < -0.4 is 0 Å². The second-order valence-corrected chi connectivity index (χ2v) is 5.20. The molecule has 0 atom stereocenters. The van der Waals surface area contributed by atoms with E-state index in [-0.39, 0.29) is 5.78 Å². The van der Waals surface area contributed by atoms with Gasteiger partial charge in [0, 0.05) is 11.1 Å². The highest BCUT2D eigenvalue weighted by Crippen LogP contribution is 2.27. The summed E-state index contributed by atoms with van der Waals surface area (Å²) in [7, 11) is 0. The Bertz CT molecular complexity index is 608. The van der Waals surface area contributed by atoms with E-state index in [1.807, 2.05) is 113 Å². The highest BCUT2D eigenvalue weighted by atomic mass is 16.1. The summed E-state index contributed by atoms with van der Waals surface area (Å²) in [6.07, 6.45) is 0. The first kappa shape index (κ1) is 34.6. The van der Waals surface area contributed by atoms with Gasteiger partial charge >= 0.3 is 0 Å². The monoisotopic (exact) mass is 402 g/mol. The molecule has 0 aromatic heterocycles. The van der Waals surface area contributed by atoms with Crippen molar-refractivity contribution in [3.63, 3.8) is 0 Å². The summed E-state index contributed by atoms with van der Waals surface area (Å²) < 4.78 is 0. The summed E-state index contributed by atoms with van der Waals surface area (Å²) in [6.45, 7) is 30.4. The lowest BCUT2D eigenvalue weighted by atomic mass is 9.86. The Hall–Kier alpha value is -1.89. The predicted molar refractivity (Wildman–Crippen MR) is 137 cm³/mol. The molecule has 0 radical (unpaired) electrons. The van der Waals surface area contributed by atoms with Crippen LogP contribution in [0.3, 0.4) is 0 Å². The van der Waals surface area contributed by atoms with Crippen LogP contribution in [0.4, 0.5) is 0 Å². The van der Waals surface area contributed by atoms with Gasteiger partial charge in [-0.2, -0.15) is 0 Å². The number of carbonyl (C=O) groups is 1. The molecule has 1 nitrogen and oxygen atoms in total. The van der Waals surface area contributed by atoms with Gasteiger partial charge in [-0.1, -0.05) is 99.6 Å². The SMILES string of the molecule is CC.CC.CC.CC.CC.Cc1c(C)c(C)c(C(=O)c2ccccc2)c(C)c1C. The molecule has 0 heterocycles. The van der Waals surface area contributed by atoms with Crippen molar-refractivity contribution >= 4 is 5.78 Å². The highest BCUT2D eigenvalue weighted by molar-refractivity contribution is 6.11. The molecule has 29 heavy (non-hydrogen) atoms. The van der Waals surface area contributed by atoms with Crippen LogP contribution >= 0.6 is 0 Å². The molecule has 0 amide bonds. The van der Waals surface area contributed by atoms with Gasteiger partial charge in [0.15, 0.2) is 5.78 Å². The van der Waals surface area contributed by atoms with Crippen molar-refractivity contribution in [1.29, 1.82) is 0 Å². The molecule has 0 aliphatic carbocycles. The highest BCUT2D eigenvalue weighted by Gasteiger charge is 2.18. The van der Waals surface area contributed by atoms with E-state index in [4.69, 9.17) is 0 Å². The number of rotatable bonds is 2. The van der Waals surface area contributed by atoms with Crippen molar-refractivity contribution in [2.45, 2.75) is 104 Å². The van der Waals surface area contributed by atoms with E-state index in [0.717, 1.165) is 22.3 Å². The minimum absolute atomic E-state index is 0.127. The summed E-state index contributed by atoms with van der Waals surface area (Å²) in [5, 5.41) is 0. The van der Waals surface area contributed by atoms with E-state index < -0.39 is 0 Å². The van der Waals surface area contributed by atoms with Crippen LogP contribution in [-0.2, 0) is 0 Å². The van der Waals surface area contributed by atoms with Crippen LogP contribution in [0, 0.1) is 34.6 Å². The summed E-state index contributed by atoms with van der Waals surface area (Å²) in [4.78, 5) is 12.7. The first-order valence-corrected chi connectivity index (χ1v) is 11.6. The van der Waals surface area contributed by atoms with Crippen molar-refractivity contribution in [1.82, 2.24) is 0 Å². The quantitative estimate of drug-likeness (QED) is 0.457.